The highest BCUT2D eigenvalue weighted by Gasteiger charge is 2.41. The summed E-state index contributed by atoms with van der Waals surface area (Å²) in [6.07, 6.45) is 1.29. The maximum Gasteiger partial charge on any atom is 0.194 e. The molecule has 19 heavy (non-hydrogen) atoms. The molecule has 0 saturated carbocycles. The molecule has 1 heterocycles. The predicted molar refractivity (Wildman–Crippen MR) is 74.7 cm³/mol. The summed E-state index contributed by atoms with van der Waals surface area (Å²) in [6, 6.07) is 5.87. The Kier molecular flexibility index (Phi) is 4.38. The van der Waals surface area contributed by atoms with Gasteiger partial charge in [0, 0.05) is 38.2 Å². The lowest BCUT2D eigenvalue weighted by Crippen LogP contribution is -2.46. The standard InChI is InChI=1S/C16H22O3/c1-4-19-16(7-9-18-10-8-16)15(17)14-6-5-12(2)13(3)11-14/h5-6,11H,4,7-10H2,1-3H3. The third kappa shape index (κ3) is 2.88. The summed E-state index contributed by atoms with van der Waals surface area (Å²) in [5, 5.41) is 0. The number of ether oxygens (including phenoxy) is 2. The van der Waals surface area contributed by atoms with Crippen LogP contribution in [0.15, 0.2) is 18.2 Å². The van der Waals surface area contributed by atoms with Gasteiger partial charge in [-0.3, -0.25) is 4.79 Å². The minimum atomic E-state index is -0.686. The first-order valence-corrected chi connectivity index (χ1v) is 6.93. The van der Waals surface area contributed by atoms with Crippen molar-refractivity contribution in [1.29, 1.82) is 0 Å². The summed E-state index contributed by atoms with van der Waals surface area (Å²) >= 11 is 0. The van der Waals surface area contributed by atoms with E-state index in [1.165, 1.54) is 5.56 Å². The first kappa shape index (κ1) is 14.2. The Bertz CT molecular complexity index is 454. The fourth-order valence-electron chi connectivity index (χ4n) is 2.56. The third-order valence-corrected chi connectivity index (χ3v) is 3.90. The first-order chi connectivity index (χ1) is 9.09. The lowest BCUT2D eigenvalue weighted by Gasteiger charge is -2.35. The van der Waals surface area contributed by atoms with Gasteiger partial charge in [-0.25, -0.2) is 0 Å². The zero-order chi connectivity index (χ0) is 13.9. The van der Waals surface area contributed by atoms with E-state index in [0.29, 0.717) is 32.7 Å². The van der Waals surface area contributed by atoms with Gasteiger partial charge in [-0.05, 0) is 38.0 Å². The van der Waals surface area contributed by atoms with Crippen LogP contribution >= 0.6 is 0 Å². The van der Waals surface area contributed by atoms with Crippen molar-refractivity contribution >= 4 is 5.78 Å². The molecule has 3 nitrogen and oxygen atoms in total. The van der Waals surface area contributed by atoms with Crippen LogP contribution in [0.2, 0.25) is 0 Å². The van der Waals surface area contributed by atoms with E-state index in [0.717, 1.165) is 11.1 Å². The van der Waals surface area contributed by atoms with Crippen LogP contribution in [0.3, 0.4) is 0 Å². The lowest BCUT2D eigenvalue weighted by molar-refractivity contribution is -0.0822. The quantitative estimate of drug-likeness (QED) is 0.782. The number of hydrogen-bond donors (Lipinski definition) is 0. The summed E-state index contributed by atoms with van der Waals surface area (Å²) in [7, 11) is 0. The molecule has 1 aliphatic heterocycles. The number of carbonyl (C=O) groups excluding carboxylic acids is 1. The Morgan fingerprint density at radius 2 is 1.95 bits per heavy atom. The molecule has 0 bridgehead atoms. The molecule has 3 heteroatoms. The van der Waals surface area contributed by atoms with Crippen molar-refractivity contribution in [3.63, 3.8) is 0 Å². The smallest absolute Gasteiger partial charge is 0.194 e. The van der Waals surface area contributed by atoms with Gasteiger partial charge in [0.1, 0.15) is 5.60 Å². The zero-order valence-corrected chi connectivity index (χ0v) is 12.0. The van der Waals surface area contributed by atoms with Crippen LogP contribution in [-0.2, 0) is 9.47 Å². The number of benzene rings is 1. The molecule has 1 aromatic carbocycles. The topological polar surface area (TPSA) is 35.5 Å². The highest BCUT2D eigenvalue weighted by atomic mass is 16.5. The normalized spacial score (nSPS) is 18.3. The molecule has 0 aromatic heterocycles. The second kappa shape index (κ2) is 5.85. The summed E-state index contributed by atoms with van der Waals surface area (Å²) in [4.78, 5) is 12.8. The summed E-state index contributed by atoms with van der Waals surface area (Å²) in [5.41, 5.74) is 2.41. The predicted octanol–water partition coefficient (Wildman–Crippen LogP) is 3.07. The molecule has 0 N–H and O–H groups in total. The average Bonchev–Trinajstić information content (AvgIpc) is 2.42. The second-order valence-electron chi connectivity index (χ2n) is 5.17. The Morgan fingerprint density at radius 1 is 1.26 bits per heavy atom. The van der Waals surface area contributed by atoms with Gasteiger partial charge >= 0.3 is 0 Å². The molecule has 1 aliphatic rings. The highest BCUT2D eigenvalue weighted by Crippen LogP contribution is 2.30. The number of carbonyl (C=O) groups is 1. The van der Waals surface area contributed by atoms with Crippen molar-refractivity contribution in [3.05, 3.63) is 34.9 Å². The van der Waals surface area contributed by atoms with Crippen molar-refractivity contribution in [1.82, 2.24) is 0 Å². The van der Waals surface area contributed by atoms with Crippen LogP contribution in [0.5, 0.6) is 0 Å². The number of Topliss-reactive ketones (excluding diaryl/α,β-unsaturated/α-hetero) is 1. The van der Waals surface area contributed by atoms with Crippen molar-refractivity contribution in [2.75, 3.05) is 19.8 Å². The van der Waals surface area contributed by atoms with E-state index in [2.05, 4.69) is 6.92 Å². The van der Waals surface area contributed by atoms with Gasteiger partial charge in [-0.2, -0.15) is 0 Å². The summed E-state index contributed by atoms with van der Waals surface area (Å²) < 4.78 is 11.2. The van der Waals surface area contributed by atoms with Crippen LogP contribution in [-0.4, -0.2) is 31.2 Å². The third-order valence-electron chi connectivity index (χ3n) is 3.90. The molecule has 104 valence electrons. The number of aryl methyl sites for hydroxylation is 2. The first-order valence-electron chi connectivity index (χ1n) is 6.93. The molecule has 2 rings (SSSR count). The Morgan fingerprint density at radius 3 is 2.53 bits per heavy atom. The van der Waals surface area contributed by atoms with E-state index in [1.54, 1.807) is 0 Å². The van der Waals surface area contributed by atoms with Gasteiger partial charge in [0.05, 0.1) is 0 Å². The van der Waals surface area contributed by atoms with Crippen LogP contribution in [0.1, 0.15) is 41.3 Å². The van der Waals surface area contributed by atoms with Crippen molar-refractivity contribution < 1.29 is 14.3 Å². The van der Waals surface area contributed by atoms with E-state index >= 15 is 0 Å². The van der Waals surface area contributed by atoms with Gasteiger partial charge in [-0.1, -0.05) is 12.1 Å². The fourth-order valence-corrected chi connectivity index (χ4v) is 2.56. The fraction of sp³-hybridized carbons (Fsp3) is 0.562. The van der Waals surface area contributed by atoms with Crippen molar-refractivity contribution in [3.8, 4) is 0 Å². The van der Waals surface area contributed by atoms with E-state index < -0.39 is 5.60 Å². The summed E-state index contributed by atoms with van der Waals surface area (Å²) in [6.45, 7) is 7.76. The van der Waals surface area contributed by atoms with Crippen LogP contribution in [0, 0.1) is 13.8 Å². The highest BCUT2D eigenvalue weighted by molar-refractivity contribution is 6.02. The molecule has 1 fully saturated rings. The van der Waals surface area contributed by atoms with Gasteiger partial charge in [0.2, 0.25) is 0 Å². The molecule has 0 unspecified atom stereocenters. The molecule has 1 saturated heterocycles. The minimum absolute atomic E-state index is 0.0979. The monoisotopic (exact) mass is 262 g/mol. The Hall–Kier alpha value is -1.19. The average molecular weight is 262 g/mol. The maximum absolute atomic E-state index is 12.8. The van der Waals surface area contributed by atoms with E-state index in [-0.39, 0.29) is 5.78 Å². The van der Waals surface area contributed by atoms with E-state index in [4.69, 9.17) is 9.47 Å². The molecule has 0 amide bonds. The Labute approximate surface area is 114 Å². The van der Waals surface area contributed by atoms with Crippen LogP contribution in [0.25, 0.3) is 0 Å². The van der Waals surface area contributed by atoms with Gasteiger partial charge < -0.3 is 9.47 Å². The Balaban J connectivity index is 2.30. The second-order valence-corrected chi connectivity index (χ2v) is 5.17. The maximum atomic E-state index is 12.8. The summed E-state index contributed by atoms with van der Waals surface area (Å²) in [5.74, 6) is 0.0979. The van der Waals surface area contributed by atoms with E-state index in [1.807, 2.05) is 32.0 Å². The van der Waals surface area contributed by atoms with Gasteiger partial charge in [-0.15, -0.1) is 0 Å². The van der Waals surface area contributed by atoms with Gasteiger partial charge in [0.25, 0.3) is 0 Å². The lowest BCUT2D eigenvalue weighted by atomic mass is 9.85. The van der Waals surface area contributed by atoms with Crippen LogP contribution in [0.4, 0.5) is 0 Å². The molecule has 0 atom stereocenters. The number of rotatable bonds is 4. The number of ketones is 1. The molecule has 0 spiro atoms. The number of hydrogen-bond acceptors (Lipinski definition) is 3. The zero-order valence-electron chi connectivity index (χ0n) is 12.0. The molecular weight excluding hydrogens is 240 g/mol. The molecule has 0 radical (unpaired) electrons. The van der Waals surface area contributed by atoms with Crippen molar-refractivity contribution in [2.24, 2.45) is 0 Å². The minimum Gasteiger partial charge on any atom is -0.381 e. The van der Waals surface area contributed by atoms with Crippen molar-refractivity contribution in [2.45, 2.75) is 39.2 Å². The van der Waals surface area contributed by atoms with Crippen LogP contribution < -0.4 is 0 Å². The SMILES string of the molecule is CCOC1(C(=O)c2ccc(C)c(C)c2)CCOCC1. The molecular formula is C16H22O3. The molecule has 0 aliphatic carbocycles. The van der Waals surface area contributed by atoms with E-state index in [9.17, 15) is 4.79 Å². The van der Waals surface area contributed by atoms with Gasteiger partial charge in [0.15, 0.2) is 5.78 Å². The largest absolute Gasteiger partial charge is 0.381 e. The molecule has 1 aromatic rings.